The SMILES string of the molecule is NC(=O)c1cc(NCCO)ccc1F. The molecule has 1 amide bonds. The maximum Gasteiger partial charge on any atom is 0.251 e. The van der Waals surface area contributed by atoms with Crippen LogP contribution in [0.1, 0.15) is 10.4 Å². The van der Waals surface area contributed by atoms with E-state index in [9.17, 15) is 9.18 Å². The van der Waals surface area contributed by atoms with E-state index in [2.05, 4.69) is 5.32 Å². The average molecular weight is 198 g/mol. The fourth-order valence-corrected chi connectivity index (χ4v) is 1.02. The van der Waals surface area contributed by atoms with E-state index in [1.54, 1.807) is 0 Å². The van der Waals surface area contributed by atoms with Crippen molar-refractivity contribution in [3.63, 3.8) is 0 Å². The van der Waals surface area contributed by atoms with Gasteiger partial charge in [-0.05, 0) is 18.2 Å². The highest BCUT2D eigenvalue weighted by atomic mass is 19.1. The van der Waals surface area contributed by atoms with Gasteiger partial charge in [-0.25, -0.2) is 4.39 Å². The number of aliphatic hydroxyl groups is 1. The van der Waals surface area contributed by atoms with Crippen LogP contribution in [0.4, 0.5) is 10.1 Å². The van der Waals surface area contributed by atoms with Gasteiger partial charge in [0.05, 0.1) is 12.2 Å². The lowest BCUT2D eigenvalue weighted by atomic mass is 10.2. The number of nitrogens with one attached hydrogen (secondary N) is 1. The lowest BCUT2D eigenvalue weighted by Crippen LogP contribution is -2.14. The molecule has 76 valence electrons. The van der Waals surface area contributed by atoms with Gasteiger partial charge in [0.25, 0.3) is 5.91 Å². The Labute approximate surface area is 80.5 Å². The molecule has 1 aromatic carbocycles. The Morgan fingerprint density at radius 1 is 1.57 bits per heavy atom. The number of hydrogen-bond donors (Lipinski definition) is 3. The number of anilines is 1. The minimum Gasteiger partial charge on any atom is -0.395 e. The second-order valence-electron chi connectivity index (χ2n) is 2.71. The van der Waals surface area contributed by atoms with Crippen LogP contribution in [-0.2, 0) is 0 Å². The van der Waals surface area contributed by atoms with Crippen LogP contribution in [0.2, 0.25) is 0 Å². The second-order valence-corrected chi connectivity index (χ2v) is 2.71. The van der Waals surface area contributed by atoms with Crippen molar-refractivity contribution in [1.29, 1.82) is 0 Å². The summed E-state index contributed by atoms with van der Waals surface area (Å²) in [6.07, 6.45) is 0. The van der Waals surface area contributed by atoms with Crippen molar-refractivity contribution in [3.05, 3.63) is 29.6 Å². The van der Waals surface area contributed by atoms with E-state index in [0.717, 1.165) is 6.07 Å². The summed E-state index contributed by atoms with van der Waals surface area (Å²) < 4.78 is 13.0. The standard InChI is InChI=1S/C9H11FN2O2/c10-8-2-1-6(12-3-4-13)5-7(8)9(11)14/h1-2,5,12-13H,3-4H2,(H2,11,14). The number of nitrogens with two attached hydrogens (primary N) is 1. The van der Waals surface area contributed by atoms with Crippen LogP contribution in [0, 0.1) is 5.82 Å². The summed E-state index contributed by atoms with van der Waals surface area (Å²) in [5.41, 5.74) is 5.35. The van der Waals surface area contributed by atoms with E-state index in [4.69, 9.17) is 10.8 Å². The van der Waals surface area contributed by atoms with Gasteiger partial charge in [-0.15, -0.1) is 0 Å². The molecule has 0 saturated carbocycles. The van der Waals surface area contributed by atoms with E-state index in [1.807, 2.05) is 0 Å². The van der Waals surface area contributed by atoms with Crippen LogP contribution in [0.15, 0.2) is 18.2 Å². The van der Waals surface area contributed by atoms with Crippen molar-refractivity contribution in [3.8, 4) is 0 Å². The lowest BCUT2D eigenvalue weighted by Gasteiger charge is -2.05. The highest BCUT2D eigenvalue weighted by Gasteiger charge is 2.08. The molecule has 0 saturated heterocycles. The summed E-state index contributed by atoms with van der Waals surface area (Å²) in [5.74, 6) is -1.46. The summed E-state index contributed by atoms with van der Waals surface area (Å²) in [5, 5.41) is 11.3. The van der Waals surface area contributed by atoms with Gasteiger partial charge in [-0.3, -0.25) is 4.79 Å². The molecule has 0 radical (unpaired) electrons. The quantitative estimate of drug-likeness (QED) is 0.652. The van der Waals surface area contributed by atoms with Gasteiger partial charge in [0, 0.05) is 12.2 Å². The Hall–Kier alpha value is -1.62. The van der Waals surface area contributed by atoms with Gasteiger partial charge in [0.15, 0.2) is 0 Å². The monoisotopic (exact) mass is 198 g/mol. The zero-order valence-electron chi connectivity index (χ0n) is 7.46. The molecule has 0 aliphatic heterocycles. The Balaban J connectivity index is 2.89. The number of amides is 1. The Morgan fingerprint density at radius 2 is 2.29 bits per heavy atom. The molecular weight excluding hydrogens is 187 g/mol. The second kappa shape index (κ2) is 4.57. The number of halogens is 1. The molecule has 0 aliphatic rings. The number of carbonyl (C=O) groups is 1. The summed E-state index contributed by atoms with van der Waals surface area (Å²) in [6.45, 7) is 0.299. The molecule has 5 heteroatoms. The molecule has 1 rings (SSSR count). The van der Waals surface area contributed by atoms with Crippen molar-refractivity contribution in [1.82, 2.24) is 0 Å². The molecular formula is C9H11FN2O2. The molecule has 0 heterocycles. The number of hydrogen-bond acceptors (Lipinski definition) is 3. The molecule has 14 heavy (non-hydrogen) atoms. The first kappa shape index (κ1) is 10.5. The topological polar surface area (TPSA) is 75.4 Å². The van der Waals surface area contributed by atoms with Gasteiger partial charge in [0.1, 0.15) is 5.82 Å². The average Bonchev–Trinajstić information content (AvgIpc) is 2.16. The Morgan fingerprint density at radius 3 is 2.86 bits per heavy atom. The van der Waals surface area contributed by atoms with Crippen LogP contribution < -0.4 is 11.1 Å². The van der Waals surface area contributed by atoms with Crippen molar-refractivity contribution in [2.45, 2.75) is 0 Å². The lowest BCUT2D eigenvalue weighted by molar-refractivity contribution is 0.0996. The Bertz CT molecular complexity index is 342. The van der Waals surface area contributed by atoms with Gasteiger partial charge in [-0.2, -0.15) is 0 Å². The van der Waals surface area contributed by atoms with Gasteiger partial charge < -0.3 is 16.2 Å². The van der Waals surface area contributed by atoms with Gasteiger partial charge in [-0.1, -0.05) is 0 Å². The molecule has 4 N–H and O–H groups in total. The molecule has 0 unspecified atom stereocenters. The van der Waals surface area contributed by atoms with Crippen LogP contribution in [0.3, 0.4) is 0 Å². The Kier molecular flexibility index (Phi) is 3.41. The normalized spacial score (nSPS) is 9.86. The third-order valence-electron chi connectivity index (χ3n) is 1.67. The third-order valence-corrected chi connectivity index (χ3v) is 1.67. The summed E-state index contributed by atoms with van der Waals surface area (Å²) in [4.78, 5) is 10.8. The van der Waals surface area contributed by atoms with Crippen molar-refractivity contribution >= 4 is 11.6 Å². The minimum atomic E-state index is -0.810. The van der Waals surface area contributed by atoms with Crippen molar-refractivity contribution < 1.29 is 14.3 Å². The first-order valence-electron chi connectivity index (χ1n) is 4.09. The van der Waals surface area contributed by atoms with Crippen LogP contribution in [-0.4, -0.2) is 24.2 Å². The fraction of sp³-hybridized carbons (Fsp3) is 0.222. The van der Waals surface area contributed by atoms with Crippen LogP contribution in [0.5, 0.6) is 0 Å². The van der Waals surface area contributed by atoms with Crippen LogP contribution in [0.25, 0.3) is 0 Å². The predicted molar refractivity (Wildman–Crippen MR) is 50.5 cm³/mol. The largest absolute Gasteiger partial charge is 0.395 e. The maximum atomic E-state index is 13.0. The van der Waals surface area contributed by atoms with Crippen molar-refractivity contribution in [2.24, 2.45) is 5.73 Å². The summed E-state index contributed by atoms with van der Waals surface area (Å²) in [6, 6.07) is 3.94. The first-order valence-corrected chi connectivity index (χ1v) is 4.09. The molecule has 0 atom stereocenters. The molecule has 0 bridgehead atoms. The molecule has 0 aromatic heterocycles. The summed E-state index contributed by atoms with van der Waals surface area (Å²) in [7, 11) is 0. The van der Waals surface area contributed by atoms with Gasteiger partial charge in [0.2, 0.25) is 0 Å². The molecule has 0 fully saturated rings. The minimum absolute atomic E-state index is 0.0384. The number of primary amides is 1. The first-order chi connectivity index (χ1) is 6.65. The molecule has 4 nitrogen and oxygen atoms in total. The van der Waals surface area contributed by atoms with Crippen LogP contribution >= 0.6 is 0 Å². The maximum absolute atomic E-state index is 13.0. The molecule has 1 aromatic rings. The number of aliphatic hydroxyl groups excluding tert-OH is 1. The van der Waals surface area contributed by atoms with E-state index in [0.29, 0.717) is 12.2 Å². The van der Waals surface area contributed by atoms with Gasteiger partial charge >= 0.3 is 0 Å². The zero-order chi connectivity index (χ0) is 10.6. The van der Waals surface area contributed by atoms with E-state index in [-0.39, 0.29) is 12.2 Å². The highest BCUT2D eigenvalue weighted by molar-refractivity contribution is 5.94. The number of carbonyl (C=O) groups excluding carboxylic acids is 1. The van der Waals surface area contributed by atoms with E-state index in [1.165, 1.54) is 12.1 Å². The third kappa shape index (κ3) is 2.43. The fourth-order valence-electron chi connectivity index (χ4n) is 1.02. The van der Waals surface area contributed by atoms with E-state index < -0.39 is 11.7 Å². The number of rotatable bonds is 4. The zero-order valence-corrected chi connectivity index (χ0v) is 7.46. The van der Waals surface area contributed by atoms with Crippen molar-refractivity contribution in [2.75, 3.05) is 18.5 Å². The van der Waals surface area contributed by atoms with E-state index >= 15 is 0 Å². The highest BCUT2D eigenvalue weighted by Crippen LogP contribution is 2.13. The predicted octanol–water partition coefficient (Wildman–Crippen LogP) is 0.329. The molecule has 0 aliphatic carbocycles. The number of benzene rings is 1. The molecule has 0 spiro atoms. The summed E-state index contributed by atoms with van der Waals surface area (Å²) >= 11 is 0. The smallest absolute Gasteiger partial charge is 0.251 e.